The number of piperidine rings is 1. The third-order valence-corrected chi connectivity index (χ3v) is 4.92. The van der Waals surface area contributed by atoms with E-state index in [4.69, 9.17) is 0 Å². The average Bonchev–Trinajstić information content (AvgIpc) is 3.10. The zero-order valence-corrected chi connectivity index (χ0v) is 15.4. The first-order chi connectivity index (χ1) is 11.7. The highest BCUT2D eigenvalue weighted by molar-refractivity contribution is 7.10. The summed E-state index contributed by atoms with van der Waals surface area (Å²) < 4.78 is 0. The van der Waals surface area contributed by atoms with Gasteiger partial charge in [0, 0.05) is 11.4 Å². The van der Waals surface area contributed by atoms with Crippen molar-refractivity contribution in [2.24, 2.45) is 5.92 Å². The number of thiophene rings is 1. The van der Waals surface area contributed by atoms with E-state index in [1.165, 1.54) is 0 Å². The summed E-state index contributed by atoms with van der Waals surface area (Å²) in [6.07, 6.45) is 2.25. The van der Waals surface area contributed by atoms with Crippen molar-refractivity contribution < 1.29 is 9.59 Å². The van der Waals surface area contributed by atoms with Gasteiger partial charge in [0.15, 0.2) is 0 Å². The summed E-state index contributed by atoms with van der Waals surface area (Å²) in [5.74, 6) is -0.103. The minimum Gasteiger partial charge on any atom is -0.324 e. The molecule has 0 spiro atoms. The van der Waals surface area contributed by atoms with Crippen molar-refractivity contribution in [1.29, 1.82) is 0 Å². The number of carbonyl (C=O) groups is 2. The molecule has 1 aromatic heterocycles. The molecule has 1 aliphatic rings. The number of halogens is 1. The van der Waals surface area contributed by atoms with Crippen LogP contribution in [0.4, 0.5) is 11.4 Å². The van der Waals surface area contributed by atoms with Gasteiger partial charge in [0.2, 0.25) is 11.8 Å². The number of rotatable bonds is 5. The summed E-state index contributed by atoms with van der Waals surface area (Å²) in [6, 6.07) is 11.2. The molecule has 0 saturated carbocycles. The van der Waals surface area contributed by atoms with Crippen LogP contribution in [0.15, 0.2) is 41.8 Å². The van der Waals surface area contributed by atoms with E-state index in [2.05, 4.69) is 16.0 Å². The van der Waals surface area contributed by atoms with Crippen molar-refractivity contribution in [3.8, 4) is 0 Å². The lowest BCUT2D eigenvalue weighted by Gasteiger charge is -2.22. The maximum Gasteiger partial charge on any atom is 0.229 e. The first kappa shape index (κ1) is 19.4. The van der Waals surface area contributed by atoms with Crippen molar-refractivity contribution in [3.63, 3.8) is 0 Å². The standard InChI is InChI=1S/C18H21N3O2S.ClH/c22-17(11-14-6-4-10-24-14)20-15-7-1-2-8-16(15)21-18(23)13-5-3-9-19-12-13;/h1-2,4,6-8,10,13,19H,3,5,9,11-12H2,(H,20,22)(H,21,23);1H. The highest BCUT2D eigenvalue weighted by Crippen LogP contribution is 2.23. The third-order valence-electron chi connectivity index (χ3n) is 4.04. The SMILES string of the molecule is Cl.O=C(Cc1cccs1)Nc1ccccc1NC(=O)C1CCCNC1. The molecule has 3 rings (SSSR count). The Labute approximate surface area is 157 Å². The summed E-state index contributed by atoms with van der Waals surface area (Å²) >= 11 is 1.56. The van der Waals surface area contributed by atoms with Crippen LogP contribution in [0.25, 0.3) is 0 Å². The molecule has 1 atom stereocenters. The predicted molar refractivity (Wildman–Crippen MR) is 105 cm³/mol. The first-order valence-electron chi connectivity index (χ1n) is 8.15. The molecule has 1 fully saturated rings. The molecule has 2 amide bonds. The number of hydrogen-bond acceptors (Lipinski definition) is 4. The molecule has 1 aromatic carbocycles. The van der Waals surface area contributed by atoms with E-state index in [-0.39, 0.29) is 30.1 Å². The monoisotopic (exact) mass is 379 g/mol. The van der Waals surface area contributed by atoms with Gasteiger partial charge in [-0.3, -0.25) is 9.59 Å². The highest BCUT2D eigenvalue weighted by Gasteiger charge is 2.21. The Balaban J connectivity index is 0.00000225. The van der Waals surface area contributed by atoms with Crippen molar-refractivity contribution in [2.75, 3.05) is 23.7 Å². The predicted octanol–water partition coefficient (Wildman–Crippen LogP) is 3.29. The molecule has 3 N–H and O–H groups in total. The zero-order valence-electron chi connectivity index (χ0n) is 13.8. The molecule has 5 nitrogen and oxygen atoms in total. The van der Waals surface area contributed by atoms with Crippen LogP contribution in [0.1, 0.15) is 17.7 Å². The number of carbonyl (C=O) groups excluding carboxylic acids is 2. The van der Waals surface area contributed by atoms with Crippen LogP contribution in [0, 0.1) is 5.92 Å². The van der Waals surface area contributed by atoms with E-state index in [1.54, 1.807) is 17.4 Å². The van der Waals surface area contributed by atoms with Crippen molar-refractivity contribution >= 4 is 46.9 Å². The van der Waals surface area contributed by atoms with Crippen LogP contribution >= 0.6 is 23.7 Å². The van der Waals surface area contributed by atoms with E-state index in [0.717, 1.165) is 24.3 Å². The normalized spacial score (nSPS) is 16.6. The molecule has 1 aliphatic heterocycles. The number of amides is 2. The molecule has 0 aliphatic carbocycles. The van der Waals surface area contributed by atoms with Gasteiger partial charge in [-0.15, -0.1) is 23.7 Å². The molecule has 2 aromatic rings. The lowest BCUT2D eigenvalue weighted by Crippen LogP contribution is -2.37. The fourth-order valence-electron chi connectivity index (χ4n) is 2.78. The Hall–Kier alpha value is -1.89. The van der Waals surface area contributed by atoms with Crippen molar-refractivity contribution in [3.05, 3.63) is 46.7 Å². The van der Waals surface area contributed by atoms with E-state index in [1.807, 2.05) is 35.7 Å². The van der Waals surface area contributed by atoms with Crippen molar-refractivity contribution in [1.82, 2.24) is 5.32 Å². The summed E-state index contributed by atoms with van der Waals surface area (Å²) in [7, 11) is 0. The fraction of sp³-hybridized carbons (Fsp3) is 0.333. The van der Waals surface area contributed by atoms with Crippen molar-refractivity contribution in [2.45, 2.75) is 19.3 Å². The second-order valence-corrected chi connectivity index (χ2v) is 6.91. The van der Waals surface area contributed by atoms with E-state index in [0.29, 0.717) is 24.3 Å². The van der Waals surface area contributed by atoms with Gasteiger partial charge in [-0.25, -0.2) is 0 Å². The average molecular weight is 380 g/mol. The number of hydrogen-bond donors (Lipinski definition) is 3. The molecular formula is C18H22ClN3O2S. The molecule has 1 saturated heterocycles. The lowest BCUT2D eigenvalue weighted by molar-refractivity contribution is -0.120. The van der Waals surface area contributed by atoms with Gasteiger partial charge >= 0.3 is 0 Å². The summed E-state index contributed by atoms with van der Waals surface area (Å²) in [4.78, 5) is 25.6. The van der Waals surface area contributed by atoms with Gasteiger partial charge in [0.1, 0.15) is 0 Å². The number of anilines is 2. The van der Waals surface area contributed by atoms with Crippen LogP contribution in [0.5, 0.6) is 0 Å². The van der Waals surface area contributed by atoms with Gasteiger partial charge in [-0.2, -0.15) is 0 Å². The van der Waals surface area contributed by atoms with Gasteiger partial charge < -0.3 is 16.0 Å². The van der Waals surface area contributed by atoms with Gasteiger partial charge in [-0.05, 0) is 43.0 Å². The minimum absolute atomic E-state index is 0. The zero-order chi connectivity index (χ0) is 16.8. The minimum atomic E-state index is -0.0847. The Kier molecular flexibility index (Phi) is 7.43. The van der Waals surface area contributed by atoms with Crippen LogP contribution in [-0.4, -0.2) is 24.9 Å². The van der Waals surface area contributed by atoms with Crippen LogP contribution in [-0.2, 0) is 16.0 Å². The lowest BCUT2D eigenvalue weighted by atomic mass is 9.99. The van der Waals surface area contributed by atoms with E-state index < -0.39 is 0 Å². The molecule has 0 bridgehead atoms. The van der Waals surface area contributed by atoms with Crippen LogP contribution in [0.2, 0.25) is 0 Å². The fourth-order valence-corrected chi connectivity index (χ4v) is 3.48. The maximum absolute atomic E-state index is 12.4. The highest BCUT2D eigenvalue weighted by atomic mass is 35.5. The summed E-state index contributed by atoms with van der Waals surface area (Å²) in [5.41, 5.74) is 1.28. The van der Waals surface area contributed by atoms with E-state index >= 15 is 0 Å². The molecule has 2 heterocycles. The topological polar surface area (TPSA) is 70.2 Å². The molecule has 7 heteroatoms. The Morgan fingerprint density at radius 1 is 1.12 bits per heavy atom. The Morgan fingerprint density at radius 3 is 2.52 bits per heavy atom. The summed E-state index contributed by atoms with van der Waals surface area (Å²) in [5, 5.41) is 11.0. The third kappa shape index (κ3) is 5.56. The molecule has 1 unspecified atom stereocenters. The maximum atomic E-state index is 12.4. The molecule has 25 heavy (non-hydrogen) atoms. The quantitative estimate of drug-likeness (QED) is 0.746. The largest absolute Gasteiger partial charge is 0.324 e. The molecular weight excluding hydrogens is 358 g/mol. The Morgan fingerprint density at radius 2 is 1.88 bits per heavy atom. The Bertz CT molecular complexity index is 700. The van der Waals surface area contributed by atoms with Gasteiger partial charge in [-0.1, -0.05) is 18.2 Å². The van der Waals surface area contributed by atoms with Gasteiger partial charge in [0.25, 0.3) is 0 Å². The second-order valence-electron chi connectivity index (χ2n) is 5.88. The number of nitrogens with one attached hydrogen (secondary N) is 3. The van der Waals surface area contributed by atoms with E-state index in [9.17, 15) is 9.59 Å². The second kappa shape index (κ2) is 9.56. The first-order valence-corrected chi connectivity index (χ1v) is 9.03. The van der Waals surface area contributed by atoms with Crippen LogP contribution in [0.3, 0.4) is 0 Å². The number of para-hydroxylation sites is 2. The molecule has 0 radical (unpaired) electrons. The van der Waals surface area contributed by atoms with Gasteiger partial charge in [0.05, 0.1) is 23.7 Å². The summed E-state index contributed by atoms with van der Waals surface area (Å²) in [6.45, 7) is 1.68. The number of benzene rings is 1. The molecule has 134 valence electrons. The van der Waals surface area contributed by atoms with Crippen LogP contribution < -0.4 is 16.0 Å². The smallest absolute Gasteiger partial charge is 0.229 e.